The highest BCUT2D eigenvalue weighted by Crippen LogP contribution is 2.46. The van der Waals surface area contributed by atoms with Gasteiger partial charge in [-0.3, -0.25) is 0 Å². The molecular formula is C22H29FN2O3. The molecule has 2 fully saturated rings. The normalized spacial score (nSPS) is 19.5. The third-order valence-electron chi connectivity index (χ3n) is 5.69. The lowest BCUT2D eigenvalue weighted by Crippen LogP contribution is -2.50. The zero-order valence-corrected chi connectivity index (χ0v) is 17.0. The Morgan fingerprint density at radius 1 is 1.18 bits per heavy atom. The van der Waals surface area contributed by atoms with Crippen LogP contribution in [0.25, 0.3) is 0 Å². The van der Waals surface area contributed by atoms with Crippen LogP contribution in [-0.2, 0) is 16.1 Å². The largest absolute Gasteiger partial charge is 0.444 e. The van der Waals surface area contributed by atoms with Gasteiger partial charge in [0.25, 0.3) is 0 Å². The van der Waals surface area contributed by atoms with Crippen LogP contribution in [0.2, 0.25) is 0 Å². The zero-order chi connectivity index (χ0) is 20.4. The minimum absolute atomic E-state index is 0.257. The molecule has 0 aromatic heterocycles. The molecule has 1 aromatic rings. The number of carbonyl (C=O) groups is 1. The van der Waals surface area contributed by atoms with Gasteiger partial charge < -0.3 is 14.5 Å². The van der Waals surface area contributed by atoms with Crippen LogP contribution in [0.4, 0.5) is 9.18 Å². The first-order valence-electron chi connectivity index (χ1n) is 9.96. The van der Waals surface area contributed by atoms with E-state index in [1.165, 1.54) is 6.07 Å². The Balaban J connectivity index is 1.71. The summed E-state index contributed by atoms with van der Waals surface area (Å²) in [6, 6.07) is 6.67. The van der Waals surface area contributed by atoms with Crippen LogP contribution in [0.1, 0.15) is 52.0 Å². The highest BCUT2D eigenvalue weighted by molar-refractivity contribution is 5.68. The Morgan fingerprint density at radius 3 is 2.46 bits per heavy atom. The van der Waals surface area contributed by atoms with Gasteiger partial charge in [0.05, 0.1) is 0 Å². The summed E-state index contributed by atoms with van der Waals surface area (Å²) in [5.74, 6) is 1.91. The van der Waals surface area contributed by atoms with Crippen molar-refractivity contribution in [1.29, 1.82) is 0 Å². The van der Waals surface area contributed by atoms with Gasteiger partial charge in [-0.15, -0.1) is 0 Å². The molecule has 28 heavy (non-hydrogen) atoms. The van der Waals surface area contributed by atoms with Gasteiger partial charge in [-0.25, -0.2) is 14.0 Å². The van der Waals surface area contributed by atoms with Gasteiger partial charge in [0, 0.05) is 37.2 Å². The first-order chi connectivity index (χ1) is 13.2. The molecule has 6 heteroatoms. The topological polar surface area (TPSA) is 49.9 Å². The number of amides is 1. The number of hydrogen-bond acceptors (Lipinski definition) is 4. The molecule has 2 saturated heterocycles. The first-order valence-corrected chi connectivity index (χ1v) is 9.96. The fourth-order valence-electron chi connectivity index (χ4n) is 4.27. The second-order valence-corrected chi connectivity index (χ2v) is 8.81. The third kappa shape index (κ3) is 4.39. The van der Waals surface area contributed by atoms with E-state index in [1.54, 1.807) is 17.0 Å². The number of benzene rings is 1. The molecule has 0 N–H and O–H groups in total. The molecule has 3 rings (SSSR count). The molecule has 0 unspecified atom stereocenters. The van der Waals surface area contributed by atoms with E-state index >= 15 is 0 Å². The Bertz CT molecular complexity index is 772. The average molecular weight is 388 g/mol. The summed E-state index contributed by atoms with van der Waals surface area (Å²) in [5, 5.41) is 0. The molecule has 1 aromatic carbocycles. The van der Waals surface area contributed by atoms with Gasteiger partial charge in [-0.1, -0.05) is 18.2 Å². The van der Waals surface area contributed by atoms with Gasteiger partial charge >= 0.3 is 6.09 Å². The monoisotopic (exact) mass is 388 g/mol. The number of nitrogens with zero attached hydrogens (tertiary/aromatic N) is 2. The van der Waals surface area contributed by atoms with Crippen LogP contribution < -0.4 is 0 Å². The maximum Gasteiger partial charge on any atom is 0.410 e. The Labute approximate surface area is 166 Å². The highest BCUT2D eigenvalue weighted by Gasteiger charge is 2.44. The molecule has 1 amide bonds. The van der Waals surface area contributed by atoms with E-state index in [9.17, 15) is 14.0 Å². The van der Waals surface area contributed by atoms with Gasteiger partial charge in [-0.05, 0) is 52.5 Å². The summed E-state index contributed by atoms with van der Waals surface area (Å²) in [6.45, 7) is 7.74. The standard InChI is InChI=1S/C22H29FN2O3/c1-21(2,3)28-20(27)24-13-10-22(11-14-24)9-6-12-25(19(22)16-26)15-17-7-4-5-8-18(17)23/h4-5,7-8H,6,9-15H2,1-3H3. The van der Waals surface area contributed by atoms with Gasteiger partial charge in [0.2, 0.25) is 0 Å². The van der Waals surface area contributed by atoms with Crippen LogP contribution in [-0.4, -0.2) is 47.1 Å². The number of carbonyl (C=O) groups excluding carboxylic acids is 2. The molecule has 0 bridgehead atoms. The Hall–Kier alpha value is -2.33. The highest BCUT2D eigenvalue weighted by atomic mass is 19.1. The number of hydrogen-bond donors (Lipinski definition) is 0. The van der Waals surface area contributed by atoms with Crippen LogP contribution >= 0.6 is 0 Å². The van der Waals surface area contributed by atoms with E-state index in [0.717, 1.165) is 19.4 Å². The minimum atomic E-state index is -0.526. The maximum atomic E-state index is 14.1. The zero-order valence-electron chi connectivity index (χ0n) is 17.0. The van der Waals surface area contributed by atoms with Gasteiger partial charge in [0.15, 0.2) is 0 Å². The van der Waals surface area contributed by atoms with E-state index in [-0.39, 0.29) is 17.3 Å². The summed E-state index contributed by atoms with van der Waals surface area (Å²) in [6.07, 6.45) is 2.92. The Kier molecular flexibility index (Phi) is 5.80. The van der Waals surface area contributed by atoms with E-state index < -0.39 is 5.60 Å². The van der Waals surface area contributed by atoms with E-state index in [4.69, 9.17) is 4.74 Å². The quantitative estimate of drug-likeness (QED) is 0.714. The molecule has 0 aliphatic carbocycles. The first kappa shape index (κ1) is 20.4. The van der Waals surface area contributed by atoms with Crippen molar-refractivity contribution in [3.63, 3.8) is 0 Å². The number of ether oxygens (including phenoxy) is 1. The molecule has 152 valence electrons. The number of piperidine rings is 2. The van der Waals surface area contributed by atoms with Crippen molar-refractivity contribution in [2.75, 3.05) is 19.6 Å². The second kappa shape index (κ2) is 7.96. The molecule has 5 nitrogen and oxygen atoms in total. The number of allylic oxidation sites excluding steroid dienone is 1. The molecule has 2 aliphatic heterocycles. The van der Waals surface area contributed by atoms with Crippen molar-refractivity contribution in [3.8, 4) is 0 Å². The fraction of sp³-hybridized carbons (Fsp3) is 0.591. The minimum Gasteiger partial charge on any atom is -0.444 e. The molecule has 0 saturated carbocycles. The maximum absolute atomic E-state index is 14.1. The average Bonchev–Trinajstić information content (AvgIpc) is 2.63. The number of likely N-dealkylation sites (tertiary alicyclic amines) is 2. The second-order valence-electron chi connectivity index (χ2n) is 8.81. The lowest BCUT2D eigenvalue weighted by molar-refractivity contribution is 0.00624. The molecule has 0 radical (unpaired) electrons. The summed E-state index contributed by atoms with van der Waals surface area (Å²) < 4.78 is 19.6. The smallest absolute Gasteiger partial charge is 0.410 e. The van der Waals surface area contributed by atoms with Crippen molar-refractivity contribution in [3.05, 3.63) is 41.3 Å². The van der Waals surface area contributed by atoms with E-state index in [1.807, 2.05) is 31.7 Å². The summed E-state index contributed by atoms with van der Waals surface area (Å²) in [7, 11) is 0. The van der Waals surface area contributed by atoms with Crippen molar-refractivity contribution in [2.24, 2.45) is 5.41 Å². The molecule has 0 atom stereocenters. The van der Waals surface area contributed by atoms with Gasteiger partial charge in [0.1, 0.15) is 23.1 Å². The fourth-order valence-corrected chi connectivity index (χ4v) is 4.27. The molecule has 2 aliphatic rings. The van der Waals surface area contributed by atoms with Crippen LogP contribution in [0, 0.1) is 11.2 Å². The lowest BCUT2D eigenvalue weighted by Gasteiger charge is -2.48. The van der Waals surface area contributed by atoms with Crippen molar-refractivity contribution in [2.45, 2.75) is 58.6 Å². The predicted molar refractivity (Wildman–Crippen MR) is 105 cm³/mol. The van der Waals surface area contributed by atoms with Crippen LogP contribution in [0.5, 0.6) is 0 Å². The van der Waals surface area contributed by atoms with Crippen molar-refractivity contribution >= 4 is 12.0 Å². The lowest BCUT2D eigenvalue weighted by atomic mass is 9.70. The summed E-state index contributed by atoms with van der Waals surface area (Å²) in [5.41, 5.74) is 0.398. The SMILES string of the molecule is CC(C)(C)OC(=O)N1CCC2(CCCN(Cc3ccccc3F)C2=C=O)CC1. The van der Waals surface area contributed by atoms with Crippen LogP contribution in [0.3, 0.4) is 0 Å². The summed E-state index contributed by atoms with van der Waals surface area (Å²) in [4.78, 5) is 28.0. The molecule has 2 heterocycles. The van der Waals surface area contributed by atoms with Crippen molar-refractivity contribution in [1.82, 2.24) is 9.80 Å². The van der Waals surface area contributed by atoms with E-state index in [0.29, 0.717) is 43.7 Å². The van der Waals surface area contributed by atoms with Gasteiger partial charge in [-0.2, -0.15) is 0 Å². The number of rotatable bonds is 2. The Morgan fingerprint density at radius 2 is 1.86 bits per heavy atom. The molecular weight excluding hydrogens is 359 g/mol. The number of halogens is 1. The third-order valence-corrected chi connectivity index (χ3v) is 5.69. The van der Waals surface area contributed by atoms with Crippen molar-refractivity contribution < 1.29 is 18.7 Å². The predicted octanol–water partition coefficient (Wildman–Crippen LogP) is 4.15. The van der Waals surface area contributed by atoms with Crippen LogP contribution in [0.15, 0.2) is 30.0 Å². The summed E-state index contributed by atoms with van der Waals surface area (Å²) >= 11 is 0. The molecule has 1 spiro atoms. The van der Waals surface area contributed by atoms with E-state index in [2.05, 4.69) is 5.94 Å².